The zero-order valence-electron chi connectivity index (χ0n) is 15.5. The number of aromatic nitrogens is 2. The first-order valence-corrected chi connectivity index (χ1v) is 9.59. The summed E-state index contributed by atoms with van der Waals surface area (Å²) in [5.41, 5.74) is 0.963. The molecule has 0 aliphatic carbocycles. The number of fused-ring (bicyclic) bond motifs is 1. The zero-order chi connectivity index (χ0) is 20.4. The number of hydrogen-bond acceptors (Lipinski definition) is 4. The highest BCUT2D eigenvalue weighted by Gasteiger charge is 2.22. The second-order valence-electron chi connectivity index (χ2n) is 6.85. The molecule has 150 valence electrons. The van der Waals surface area contributed by atoms with Crippen LogP contribution in [0, 0.1) is 5.82 Å². The molecule has 0 radical (unpaired) electrons. The molecule has 0 bridgehead atoms. The number of benzene rings is 2. The molecule has 1 fully saturated rings. The van der Waals surface area contributed by atoms with E-state index in [9.17, 15) is 14.0 Å². The van der Waals surface area contributed by atoms with Crippen LogP contribution in [0.5, 0.6) is 0 Å². The maximum Gasteiger partial charge on any atom is 0.321 e. The number of carbonyl (C=O) groups is 1. The van der Waals surface area contributed by atoms with Crippen molar-refractivity contribution in [3.8, 4) is 0 Å². The Labute approximate surface area is 171 Å². The number of anilines is 1. The van der Waals surface area contributed by atoms with E-state index in [4.69, 9.17) is 11.6 Å². The Morgan fingerprint density at radius 2 is 1.93 bits per heavy atom. The molecular weight excluding hydrogens is 397 g/mol. The molecule has 1 saturated heterocycles. The summed E-state index contributed by atoms with van der Waals surface area (Å²) < 4.78 is 13.2. The minimum Gasteiger partial charge on any atom is -0.322 e. The van der Waals surface area contributed by atoms with E-state index in [2.05, 4.69) is 20.2 Å². The van der Waals surface area contributed by atoms with E-state index in [1.54, 1.807) is 11.0 Å². The fourth-order valence-electron chi connectivity index (χ4n) is 3.31. The smallest absolute Gasteiger partial charge is 0.321 e. The van der Waals surface area contributed by atoms with Crippen molar-refractivity contribution in [2.45, 2.75) is 6.54 Å². The van der Waals surface area contributed by atoms with E-state index in [-0.39, 0.29) is 16.6 Å². The molecule has 1 aliphatic heterocycles. The van der Waals surface area contributed by atoms with E-state index in [0.29, 0.717) is 55.1 Å². The standard InChI is InChI=1S/C20H19ClFN5O2/c21-15-11-13(5-6-16(15)22)23-20(29)27-9-7-26(8-10-27)12-18-24-17-4-2-1-3-14(17)19(28)25-18/h1-6,11H,7-10,12H2,(H,23,29)(H,24,25,28). The maximum absolute atomic E-state index is 13.2. The lowest BCUT2D eigenvalue weighted by Crippen LogP contribution is -2.49. The van der Waals surface area contributed by atoms with Crippen molar-refractivity contribution in [3.63, 3.8) is 0 Å². The Kier molecular flexibility index (Phi) is 5.46. The van der Waals surface area contributed by atoms with Crippen LogP contribution in [0.25, 0.3) is 10.9 Å². The van der Waals surface area contributed by atoms with Crippen LogP contribution in [0.1, 0.15) is 5.82 Å². The van der Waals surface area contributed by atoms with E-state index in [1.807, 2.05) is 18.2 Å². The van der Waals surface area contributed by atoms with Crippen molar-refractivity contribution in [2.75, 3.05) is 31.5 Å². The SMILES string of the molecule is O=C(Nc1ccc(F)c(Cl)c1)N1CCN(Cc2nc3ccccc3c(=O)[nH]2)CC1. The summed E-state index contributed by atoms with van der Waals surface area (Å²) in [5.74, 6) is 0.0752. The largest absolute Gasteiger partial charge is 0.322 e. The molecule has 4 rings (SSSR count). The van der Waals surface area contributed by atoms with Gasteiger partial charge in [0.25, 0.3) is 5.56 Å². The highest BCUT2D eigenvalue weighted by atomic mass is 35.5. The molecule has 3 aromatic rings. The van der Waals surface area contributed by atoms with Gasteiger partial charge in [-0.2, -0.15) is 0 Å². The summed E-state index contributed by atoms with van der Waals surface area (Å²) in [4.78, 5) is 35.8. The van der Waals surface area contributed by atoms with Crippen LogP contribution in [0.15, 0.2) is 47.3 Å². The van der Waals surface area contributed by atoms with Crippen LogP contribution in [0.2, 0.25) is 5.02 Å². The normalized spacial score (nSPS) is 14.9. The zero-order valence-corrected chi connectivity index (χ0v) is 16.2. The number of H-pyrrole nitrogens is 1. The molecule has 29 heavy (non-hydrogen) atoms. The van der Waals surface area contributed by atoms with E-state index >= 15 is 0 Å². The average Bonchev–Trinajstić information content (AvgIpc) is 2.71. The number of rotatable bonds is 3. The lowest BCUT2D eigenvalue weighted by molar-refractivity contribution is 0.141. The van der Waals surface area contributed by atoms with Gasteiger partial charge in [-0.25, -0.2) is 14.2 Å². The molecule has 2 amide bonds. The summed E-state index contributed by atoms with van der Waals surface area (Å²) in [7, 11) is 0. The van der Waals surface area contributed by atoms with Crippen molar-refractivity contribution >= 4 is 34.2 Å². The van der Waals surface area contributed by atoms with E-state index in [1.165, 1.54) is 18.2 Å². The Morgan fingerprint density at radius 3 is 2.69 bits per heavy atom. The number of carbonyl (C=O) groups excluding carboxylic acids is 1. The number of amides is 2. The van der Waals surface area contributed by atoms with Crippen molar-refractivity contribution in [3.05, 3.63) is 69.5 Å². The van der Waals surface area contributed by atoms with Crippen LogP contribution in [0.3, 0.4) is 0 Å². The Hall–Kier alpha value is -2.97. The van der Waals surface area contributed by atoms with Crippen molar-refractivity contribution in [1.82, 2.24) is 19.8 Å². The van der Waals surface area contributed by atoms with E-state index in [0.717, 1.165) is 0 Å². The van der Waals surface area contributed by atoms with Gasteiger partial charge < -0.3 is 15.2 Å². The molecule has 9 heteroatoms. The predicted molar refractivity (Wildman–Crippen MR) is 110 cm³/mol. The third-order valence-electron chi connectivity index (χ3n) is 4.87. The molecule has 0 saturated carbocycles. The van der Waals surface area contributed by atoms with Gasteiger partial charge >= 0.3 is 6.03 Å². The first-order chi connectivity index (χ1) is 14.0. The van der Waals surface area contributed by atoms with Gasteiger partial charge in [0, 0.05) is 31.9 Å². The molecule has 0 unspecified atom stereocenters. The molecular formula is C20H19ClFN5O2. The lowest BCUT2D eigenvalue weighted by Gasteiger charge is -2.34. The van der Waals surface area contributed by atoms with Crippen molar-refractivity contribution < 1.29 is 9.18 Å². The number of hydrogen-bond donors (Lipinski definition) is 2. The maximum atomic E-state index is 13.2. The number of nitrogens with zero attached hydrogens (tertiary/aromatic N) is 3. The molecule has 7 nitrogen and oxygen atoms in total. The van der Waals surface area contributed by atoms with Crippen LogP contribution in [0.4, 0.5) is 14.9 Å². The Balaban J connectivity index is 1.35. The monoisotopic (exact) mass is 415 g/mol. The summed E-state index contributed by atoms with van der Waals surface area (Å²) in [6, 6.07) is 11.0. The minimum atomic E-state index is -0.529. The summed E-state index contributed by atoms with van der Waals surface area (Å²) in [6.07, 6.45) is 0. The number of halogens is 2. The topological polar surface area (TPSA) is 81.3 Å². The molecule has 0 spiro atoms. The molecule has 0 atom stereocenters. The summed E-state index contributed by atoms with van der Waals surface area (Å²) in [6.45, 7) is 2.85. The van der Waals surface area contributed by atoms with Crippen molar-refractivity contribution in [1.29, 1.82) is 0 Å². The lowest BCUT2D eigenvalue weighted by atomic mass is 10.2. The first-order valence-electron chi connectivity index (χ1n) is 9.21. The van der Waals surface area contributed by atoms with Gasteiger partial charge in [0.2, 0.25) is 0 Å². The highest BCUT2D eigenvalue weighted by Crippen LogP contribution is 2.20. The van der Waals surface area contributed by atoms with Crippen LogP contribution < -0.4 is 10.9 Å². The fraction of sp³-hybridized carbons (Fsp3) is 0.250. The molecule has 1 aliphatic rings. The Morgan fingerprint density at radius 1 is 1.17 bits per heavy atom. The van der Waals surface area contributed by atoms with Crippen LogP contribution in [-0.4, -0.2) is 52.0 Å². The third kappa shape index (κ3) is 4.38. The molecule has 1 aromatic heterocycles. The number of piperazine rings is 1. The van der Waals surface area contributed by atoms with Gasteiger partial charge in [0.05, 0.1) is 22.5 Å². The van der Waals surface area contributed by atoms with Crippen LogP contribution in [-0.2, 0) is 6.54 Å². The third-order valence-corrected chi connectivity index (χ3v) is 5.16. The predicted octanol–water partition coefficient (Wildman–Crippen LogP) is 3.07. The fourth-order valence-corrected chi connectivity index (χ4v) is 3.49. The van der Waals surface area contributed by atoms with E-state index < -0.39 is 5.82 Å². The van der Waals surface area contributed by atoms with Gasteiger partial charge in [-0.15, -0.1) is 0 Å². The second kappa shape index (κ2) is 8.18. The molecule has 2 heterocycles. The molecule has 2 N–H and O–H groups in total. The summed E-state index contributed by atoms with van der Waals surface area (Å²) in [5, 5.41) is 3.26. The highest BCUT2D eigenvalue weighted by molar-refractivity contribution is 6.31. The summed E-state index contributed by atoms with van der Waals surface area (Å²) >= 11 is 5.75. The Bertz CT molecular complexity index is 1110. The quantitative estimate of drug-likeness (QED) is 0.688. The van der Waals surface area contributed by atoms with Gasteiger partial charge in [-0.1, -0.05) is 23.7 Å². The average molecular weight is 416 g/mol. The van der Waals surface area contributed by atoms with Gasteiger partial charge in [-0.3, -0.25) is 9.69 Å². The molecule has 2 aromatic carbocycles. The first kappa shape index (κ1) is 19.4. The second-order valence-corrected chi connectivity index (χ2v) is 7.26. The van der Waals surface area contributed by atoms with Crippen LogP contribution >= 0.6 is 11.6 Å². The van der Waals surface area contributed by atoms with Gasteiger partial charge in [0.1, 0.15) is 11.6 Å². The van der Waals surface area contributed by atoms with Gasteiger partial charge in [-0.05, 0) is 30.3 Å². The number of urea groups is 1. The van der Waals surface area contributed by atoms with Gasteiger partial charge in [0.15, 0.2) is 0 Å². The number of para-hydroxylation sites is 1. The number of aromatic amines is 1. The number of nitrogens with one attached hydrogen (secondary N) is 2. The van der Waals surface area contributed by atoms with Crippen molar-refractivity contribution in [2.24, 2.45) is 0 Å². The minimum absolute atomic E-state index is 0.0375.